The number of benzene rings is 1. The van der Waals surface area contributed by atoms with E-state index in [1.807, 2.05) is 46.9 Å². The quantitative estimate of drug-likeness (QED) is 0.799. The third-order valence-corrected chi connectivity index (χ3v) is 4.45. The number of H-pyrrole nitrogens is 1. The molecule has 3 aromatic rings. The van der Waals surface area contributed by atoms with E-state index in [1.54, 1.807) is 6.33 Å². The van der Waals surface area contributed by atoms with Crippen LogP contribution >= 0.6 is 0 Å². The van der Waals surface area contributed by atoms with E-state index in [0.29, 0.717) is 25.3 Å². The summed E-state index contributed by atoms with van der Waals surface area (Å²) in [6.07, 6.45) is 3.31. The molecule has 4 rings (SSSR count). The molecular weight excluding hydrogens is 306 g/mol. The molecule has 1 amide bonds. The average Bonchev–Trinajstić information content (AvgIpc) is 3.29. The fourth-order valence-electron chi connectivity index (χ4n) is 3.18. The summed E-state index contributed by atoms with van der Waals surface area (Å²) in [4.78, 5) is 18.0. The Morgan fingerprint density at radius 3 is 3.21 bits per heavy atom. The maximum Gasteiger partial charge on any atom is 0.256 e. The monoisotopic (exact) mass is 325 g/mol. The van der Waals surface area contributed by atoms with Crippen LogP contribution in [0.5, 0.6) is 0 Å². The molecule has 124 valence electrons. The smallest absolute Gasteiger partial charge is 0.256 e. The Kier molecular flexibility index (Phi) is 3.78. The van der Waals surface area contributed by atoms with Gasteiger partial charge in [0.05, 0.1) is 24.2 Å². The highest BCUT2D eigenvalue weighted by Crippen LogP contribution is 2.24. The molecule has 0 spiro atoms. The molecule has 24 heavy (non-hydrogen) atoms. The number of carbonyl (C=O) groups is 1. The van der Waals surface area contributed by atoms with Crippen LogP contribution in [0.1, 0.15) is 29.2 Å². The van der Waals surface area contributed by atoms with Crippen LogP contribution in [0.2, 0.25) is 0 Å². The summed E-state index contributed by atoms with van der Waals surface area (Å²) in [7, 11) is 0. The molecule has 1 N–H and O–H groups in total. The van der Waals surface area contributed by atoms with E-state index in [-0.39, 0.29) is 12.0 Å². The topological polar surface area (TPSA) is 76.0 Å². The average molecular weight is 325 g/mol. The molecular formula is C17H19N5O2. The molecule has 7 nitrogen and oxygen atoms in total. The molecule has 3 heterocycles. The Balaban J connectivity index is 1.60. The van der Waals surface area contributed by atoms with E-state index in [2.05, 4.69) is 15.2 Å². The molecule has 1 aliphatic rings. The third-order valence-electron chi connectivity index (χ3n) is 4.45. The van der Waals surface area contributed by atoms with E-state index < -0.39 is 0 Å². The maximum atomic E-state index is 13.0. The Morgan fingerprint density at radius 1 is 1.42 bits per heavy atom. The van der Waals surface area contributed by atoms with E-state index in [4.69, 9.17) is 4.74 Å². The molecule has 1 fully saturated rings. The molecule has 7 heteroatoms. The number of hydrogen-bond acceptors (Lipinski definition) is 4. The zero-order valence-electron chi connectivity index (χ0n) is 13.5. The highest BCUT2D eigenvalue weighted by atomic mass is 16.5. The summed E-state index contributed by atoms with van der Waals surface area (Å²) in [5, 5.41) is 9.16. The molecule has 0 bridgehead atoms. The van der Waals surface area contributed by atoms with Crippen molar-refractivity contribution in [2.75, 3.05) is 19.7 Å². The SMILES string of the molecule is CCn1cnnc1[C@@H]1CN(C(=O)c2cccc3cc[nH]c23)CCO1. The summed E-state index contributed by atoms with van der Waals surface area (Å²) in [5.74, 6) is 0.784. The highest BCUT2D eigenvalue weighted by molar-refractivity contribution is 6.05. The minimum atomic E-state index is -0.243. The Morgan fingerprint density at radius 2 is 2.33 bits per heavy atom. The number of rotatable bonds is 3. The minimum Gasteiger partial charge on any atom is -0.366 e. The number of aryl methyl sites for hydroxylation is 1. The predicted molar refractivity (Wildman–Crippen MR) is 88.6 cm³/mol. The number of aromatic amines is 1. The normalized spacial score (nSPS) is 18.2. The first-order chi connectivity index (χ1) is 11.8. The fraction of sp³-hybridized carbons (Fsp3) is 0.353. The largest absolute Gasteiger partial charge is 0.366 e. The molecule has 0 radical (unpaired) electrons. The summed E-state index contributed by atoms with van der Waals surface area (Å²) in [5.41, 5.74) is 1.57. The molecule has 0 aliphatic carbocycles. The fourth-order valence-corrected chi connectivity index (χ4v) is 3.18. The van der Waals surface area contributed by atoms with Gasteiger partial charge in [-0.05, 0) is 19.1 Å². The van der Waals surface area contributed by atoms with Crippen molar-refractivity contribution in [2.24, 2.45) is 0 Å². The first kappa shape index (κ1) is 14.9. The van der Waals surface area contributed by atoms with Crippen LogP contribution in [0, 0.1) is 0 Å². The van der Waals surface area contributed by atoms with E-state index >= 15 is 0 Å². The lowest BCUT2D eigenvalue weighted by atomic mass is 10.1. The predicted octanol–water partition coefficient (Wildman–Crippen LogP) is 1.99. The van der Waals surface area contributed by atoms with Gasteiger partial charge in [0.2, 0.25) is 0 Å². The number of nitrogens with zero attached hydrogens (tertiary/aromatic N) is 4. The van der Waals surface area contributed by atoms with Gasteiger partial charge in [-0.2, -0.15) is 0 Å². The standard InChI is InChI=1S/C17H19N5O2/c1-2-21-11-19-20-16(21)14-10-22(8-9-24-14)17(23)13-5-3-4-12-6-7-18-15(12)13/h3-7,11,14,18H,2,8-10H2,1H3/t14-/m0/s1. The van der Waals surface area contributed by atoms with Crippen LogP contribution in [0.25, 0.3) is 10.9 Å². The number of hydrogen-bond donors (Lipinski definition) is 1. The summed E-state index contributed by atoms with van der Waals surface area (Å²) < 4.78 is 7.78. The molecule has 1 saturated heterocycles. The number of fused-ring (bicyclic) bond motifs is 1. The van der Waals surface area contributed by atoms with Gasteiger partial charge >= 0.3 is 0 Å². The van der Waals surface area contributed by atoms with Crippen LogP contribution in [-0.2, 0) is 11.3 Å². The van der Waals surface area contributed by atoms with E-state index in [1.165, 1.54) is 0 Å². The number of morpholine rings is 1. The molecule has 0 saturated carbocycles. The lowest BCUT2D eigenvalue weighted by molar-refractivity contribution is -0.0283. The van der Waals surface area contributed by atoms with Crippen LogP contribution in [0.4, 0.5) is 0 Å². The summed E-state index contributed by atoms with van der Waals surface area (Å²) >= 11 is 0. The van der Waals surface area contributed by atoms with Gasteiger partial charge in [-0.3, -0.25) is 4.79 Å². The second-order valence-corrected chi connectivity index (χ2v) is 5.83. The van der Waals surface area contributed by atoms with Crippen molar-refractivity contribution < 1.29 is 9.53 Å². The number of ether oxygens (including phenoxy) is 1. The number of para-hydroxylation sites is 1. The zero-order valence-corrected chi connectivity index (χ0v) is 13.5. The van der Waals surface area contributed by atoms with Gasteiger partial charge in [-0.25, -0.2) is 0 Å². The highest BCUT2D eigenvalue weighted by Gasteiger charge is 2.29. The van der Waals surface area contributed by atoms with Crippen LogP contribution in [0.15, 0.2) is 36.8 Å². The molecule has 1 atom stereocenters. The van der Waals surface area contributed by atoms with Crippen molar-refractivity contribution in [1.29, 1.82) is 0 Å². The molecule has 1 aromatic carbocycles. The van der Waals surface area contributed by atoms with E-state index in [0.717, 1.165) is 23.3 Å². The first-order valence-corrected chi connectivity index (χ1v) is 8.12. The summed E-state index contributed by atoms with van der Waals surface area (Å²) in [6, 6.07) is 7.74. The van der Waals surface area contributed by atoms with Gasteiger partial charge in [0.15, 0.2) is 5.82 Å². The first-order valence-electron chi connectivity index (χ1n) is 8.12. The van der Waals surface area contributed by atoms with Crippen molar-refractivity contribution in [3.63, 3.8) is 0 Å². The van der Waals surface area contributed by atoms with Gasteiger partial charge in [0, 0.05) is 24.7 Å². The van der Waals surface area contributed by atoms with Crippen molar-refractivity contribution in [3.8, 4) is 0 Å². The number of carbonyl (C=O) groups excluding carboxylic acids is 1. The third kappa shape index (κ3) is 2.46. The van der Waals surface area contributed by atoms with Gasteiger partial charge in [0.1, 0.15) is 12.4 Å². The van der Waals surface area contributed by atoms with Crippen LogP contribution in [-0.4, -0.2) is 50.3 Å². The van der Waals surface area contributed by atoms with Crippen molar-refractivity contribution in [2.45, 2.75) is 19.6 Å². The van der Waals surface area contributed by atoms with Gasteiger partial charge in [0.25, 0.3) is 5.91 Å². The van der Waals surface area contributed by atoms with Gasteiger partial charge in [-0.15, -0.1) is 10.2 Å². The number of nitrogens with one attached hydrogen (secondary N) is 1. The van der Waals surface area contributed by atoms with Crippen molar-refractivity contribution in [3.05, 3.63) is 48.2 Å². The maximum absolute atomic E-state index is 13.0. The van der Waals surface area contributed by atoms with Gasteiger partial charge < -0.3 is 19.2 Å². The lowest BCUT2D eigenvalue weighted by Gasteiger charge is -2.32. The molecule has 2 aromatic heterocycles. The van der Waals surface area contributed by atoms with Gasteiger partial charge in [-0.1, -0.05) is 12.1 Å². The summed E-state index contributed by atoms with van der Waals surface area (Å²) in [6.45, 7) is 4.36. The number of amides is 1. The Labute approximate surface area is 139 Å². The minimum absolute atomic E-state index is 0.0129. The number of aromatic nitrogens is 4. The van der Waals surface area contributed by atoms with Crippen LogP contribution in [0.3, 0.4) is 0 Å². The van der Waals surface area contributed by atoms with Crippen LogP contribution < -0.4 is 0 Å². The van der Waals surface area contributed by atoms with Crippen molar-refractivity contribution >= 4 is 16.8 Å². The van der Waals surface area contributed by atoms with Crippen molar-refractivity contribution in [1.82, 2.24) is 24.6 Å². The Bertz CT molecular complexity index is 869. The zero-order chi connectivity index (χ0) is 16.5. The molecule has 1 aliphatic heterocycles. The van der Waals surface area contributed by atoms with E-state index in [9.17, 15) is 4.79 Å². The second kappa shape index (κ2) is 6.09. The second-order valence-electron chi connectivity index (χ2n) is 5.83. The Hall–Kier alpha value is -2.67. The lowest BCUT2D eigenvalue weighted by Crippen LogP contribution is -2.43. The molecule has 0 unspecified atom stereocenters.